The van der Waals surface area contributed by atoms with E-state index < -0.39 is 0 Å². The van der Waals surface area contributed by atoms with Crippen LogP contribution in [-0.2, 0) is 6.42 Å². The molecule has 1 aromatic carbocycles. The monoisotopic (exact) mass is 228 g/mol. The van der Waals surface area contributed by atoms with Crippen LogP contribution in [0.1, 0.15) is 5.56 Å². The standard InChI is InChI=1S/C10H12S3/c1-2-4-9(5-3-1)6-10-12-7-11-8-13-10/h1-5,10H,6-8H2. The van der Waals surface area contributed by atoms with Crippen LogP contribution < -0.4 is 0 Å². The zero-order valence-corrected chi connectivity index (χ0v) is 9.76. The van der Waals surface area contributed by atoms with Gasteiger partial charge in [-0.15, -0.1) is 35.3 Å². The zero-order valence-electron chi connectivity index (χ0n) is 7.31. The summed E-state index contributed by atoms with van der Waals surface area (Å²) in [4.78, 5) is 0. The lowest BCUT2D eigenvalue weighted by Gasteiger charge is -2.20. The van der Waals surface area contributed by atoms with E-state index in [1.54, 1.807) is 0 Å². The molecule has 0 bridgehead atoms. The van der Waals surface area contributed by atoms with Crippen molar-refractivity contribution in [2.45, 2.75) is 11.0 Å². The normalized spacial score (nSPS) is 18.8. The molecule has 0 aliphatic carbocycles. The van der Waals surface area contributed by atoms with Crippen molar-refractivity contribution in [3.05, 3.63) is 35.9 Å². The third-order valence-electron chi connectivity index (χ3n) is 1.92. The van der Waals surface area contributed by atoms with Gasteiger partial charge in [0.1, 0.15) is 0 Å². The minimum Gasteiger partial charge on any atom is -0.140 e. The fourth-order valence-electron chi connectivity index (χ4n) is 1.25. The van der Waals surface area contributed by atoms with E-state index in [2.05, 4.69) is 53.9 Å². The Kier molecular flexibility index (Phi) is 3.94. The van der Waals surface area contributed by atoms with Gasteiger partial charge in [0, 0.05) is 10.2 Å². The molecule has 0 aromatic heterocycles. The first-order valence-electron chi connectivity index (χ1n) is 4.30. The van der Waals surface area contributed by atoms with E-state index in [1.807, 2.05) is 11.8 Å². The lowest BCUT2D eigenvalue weighted by atomic mass is 10.2. The fourth-order valence-corrected chi connectivity index (χ4v) is 6.13. The Balaban J connectivity index is 1.90. The molecule has 70 valence electrons. The molecule has 1 saturated heterocycles. The van der Waals surface area contributed by atoms with Crippen molar-refractivity contribution in [2.75, 3.05) is 10.2 Å². The molecule has 0 saturated carbocycles. The maximum Gasteiger partial charge on any atom is 0.0559 e. The topological polar surface area (TPSA) is 0 Å². The molecule has 0 amide bonds. The maximum absolute atomic E-state index is 2.23. The Hall–Kier alpha value is 0.270. The summed E-state index contributed by atoms with van der Waals surface area (Å²) in [5.74, 6) is 0. The third-order valence-corrected chi connectivity index (χ3v) is 6.24. The van der Waals surface area contributed by atoms with E-state index in [0.717, 1.165) is 4.58 Å². The van der Waals surface area contributed by atoms with Gasteiger partial charge >= 0.3 is 0 Å². The molecular formula is C10H12S3. The molecule has 1 aliphatic heterocycles. The predicted molar refractivity (Wildman–Crippen MR) is 66.4 cm³/mol. The molecule has 0 spiro atoms. The maximum atomic E-state index is 2.23. The second-order valence-corrected chi connectivity index (χ2v) is 7.29. The van der Waals surface area contributed by atoms with E-state index >= 15 is 0 Å². The van der Waals surface area contributed by atoms with Crippen LogP contribution in [0.4, 0.5) is 0 Å². The van der Waals surface area contributed by atoms with Crippen LogP contribution in [0.15, 0.2) is 30.3 Å². The summed E-state index contributed by atoms with van der Waals surface area (Å²) in [7, 11) is 0. The third kappa shape index (κ3) is 3.15. The van der Waals surface area contributed by atoms with Crippen molar-refractivity contribution in [1.29, 1.82) is 0 Å². The SMILES string of the molecule is c1ccc(CC2SCSCS2)cc1. The lowest BCUT2D eigenvalue weighted by Crippen LogP contribution is -2.06. The zero-order chi connectivity index (χ0) is 8.93. The van der Waals surface area contributed by atoms with Crippen LogP contribution in [0.25, 0.3) is 0 Å². The first-order valence-corrected chi connectivity index (χ1v) is 7.55. The van der Waals surface area contributed by atoms with Gasteiger partial charge in [0.15, 0.2) is 0 Å². The average molecular weight is 228 g/mol. The number of hydrogen-bond acceptors (Lipinski definition) is 3. The van der Waals surface area contributed by atoms with Crippen molar-refractivity contribution >= 4 is 35.3 Å². The van der Waals surface area contributed by atoms with Gasteiger partial charge in [0.05, 0.1) is 4.58 Å². The molecule has 1 aliphatic rings. The summed E-state index contributed by atoms with van der Waals surface area (Å²) < 4.78 is 0.781. The molecule has 2 rings (SSSR count). The fraction of sp³-hybridized carbons (Fsp3) is 0.400. The Labute approximate surface area is 92.3 Å². The van der Waals surface area contributed by atoms with Gasteiger partial charge in [-0.05, 0) is 12.0 Å². The number of rotatable bonds is 2. The van der Waals surface area contributed by atoms with Gasteiger partial charge in [-0.3, -0.25) is 0 Å². The van der Waals surface area contributed by atoms with Crippen LogP contribution >= 0.6 is 35.3 Å². The quantitative estimate of drug-likeness (QED) is 0.758. The highest BCUT2D eigenvalue weighted by Crippen LogP contribution is 2.37. The lowest BCUT2D eigenvalue weighted by molar-refractivity contribution is 1.11. The summed E-state index contributed by atoms with van der Waals surface area (Å²) in [6.07, 6.45) is 1.22. The van der Waals surface area contributed by atoms with Crippen LogP contribution in [0.5, 0.6) is 0 Å². The van der Waals surface area contributed by atoms with Crippen LogP contribution in [0.2, 0.25) is 0 Å². The van der Waals surface area contributed by atoms with E-state index in [1.165, 1.54) is 22.2 Å². The highest BCUT2D eigenvalue weighted by atomic mass is 32.3. The molecular weight excluding hydrogens is 216 g/mol. The highest BCUT2D eigenvalue weighted by Gasteiger charge is 2.14. The average Bonchev–Trinajstić information content (AvgIpc) is 2.21. The molecule has 0 radical (unpaired) electrons. The molecule has 0 N–H and O–H groups in total. The van der Waals surface area contributed by atoms with Gasteiger partial charge in [-0.1, -0.05) is 30.3 Å². The summed E-state index contributed by atoms with van der Waals surface area (Å²) in [5, 5.41) is 2.54. The summed E-state index contributed by atoms with van der Waals surface area (Å²) in [6.45, 7) is 0. The van der Waals surface area contributed by atoms with Crippen molar-refractivity contribution in [3.63, 3.8) is 0 Å². The number of hydrogen-bond donors (Lipinski definition) is 0. The van der Waals surface area contributed by atoms with E-state index in [9.17, 15) is 0 Å². The smallest absolute Gasteiger partial charge is 0.0559 e. The highest BCUT2D eigenvalue weighted by molar-refractivity contribution is 8.32. The molecule has 3 heteroatoms. The van der Waals surface area contributed by atoms with E-state index in [-0.39, 0.29) is 0 Å². The van der Waals surface area contributed by atoms with Crippen molar-refractivity contribution in [1.82, 2.24) is 0 Å². The molecule has 1 fully saturated rings. The number of thioether (sulfide) groups is 3. The second-order valence-electron chi connectivity index (χ2n) is 2.89. The van der Waals surface area contributed by atoms with Crippen LogP contribution in [-0.4, -0.2) is 14.8 Å². The summed E-state index contributed by atoms with van der Waals surface area (Å²) >= 11 is 6.20. The minimum absolute atomic E-state index is 0.781. The van der Waals surface area contributed by atoms with Crippen LogP contribution in [0.3, 0.4) is 0 Å². The molecule has 0 nitrogen and oxygen atoms in total. The van der Waals surface area contributed by atoms with Crippen molar-refractivity contribution < 1.29 is 0 Å². The van der Waals surface area contributed by atoms with Crippen molar-refractivity contribution in [3.8, 4) is 0 Å². The molecule has 13 heavy (non-hydrogen) atoms. The Morgan fingerprint density at radius 2 is 1.77 bits per heavy atom. The predicted octanol–water partition coefficient (Wildman–Crippen LogP) is 3.68. The number of benzene rings is 1. The molecule has 1 aromatic rings. The second kappa shape index (κ2) is 5.23. The van der Waals surface area contributed by atoms with Crippen molar-refractivity contribution in [2.24, 2.45) is 0 Å². The molecule has 1 heterocycles. The molecule has 0 atom stereocenters. The van der Waals surface area contributed by atoms with Gasteiger partial charge in [-0.25, -0.2) is 0 Å². The summed E-state index contributed by atoms with van der Waals surface area (Å²) in [5.41, 5.74) is 1.47. The first kappa shape index (κ1) is 9.81. The molecule has 0 unspecified atom stereocenters. The first-order chi connectivity index (χ1) is 6.45. The Morgan fingerprint density at radius 1 is 1.08 bits per heavy atom. The van der Waals surface area contributed by atoms with Gasteiger partial charge in [0.2, 0.25) is 0 Å². The summed E-state index contributed by atoms with van der Waals surface area (Å²) in [6, 6.07) is 10.8. The van der Waals surface area contributed by atoms with Gasteiger partial charge in [-0.2, -0.15) is 0 Å². The Morgan fingerprint density at radius 3 is 2.46 bits per heavy atom. The van der Waals surface area contributed by atoms with Gasteiger partial charge < -0.3 is 0 Å². The van der Waals surface area contributed by atoms with Crippen LogP contribution in [0, 0.1) is 0 Å². The van der Waals surface area contributed by atoms with Gasteiger partial charge in [0.25, 0.3) is 0 Å². The van der Waals surface area contributed by atoms with E-state index in [0.29, 0.717) is 0 Å². The largest absolute Gasteiger partial charge is 0.140 e. The Bertz CT molecular complexity index is 242. The minimum atomic E-state index is 0.781. The van der Waals surface area contributed by atoms with E-state index in [4.69, 9.17) is 0 Å².